The molecule has 0 spiro atoms. The van der Waals surface area contributed by atoms with E-state index in [4.69, 9.17) is 23.2 Å². The van der Waals surface area contributed by atoms with Crippen LogP contribution in [0.2, 0.25) is 10.0 Å². The summed E-state index contributed by atoms with van der Waals surface area (Å²) in [5.41, 5.74) is 0.821. The quantitative estimate of drug-likeness (QED) is 0.724. The van der Waals surface area contributed by atoms with Gasteiger partial charge in [-0.15, -0.1) is 10.2 Å². The highest BCUT2D eigenvalue weighted by molar-refractivity contribution is 7.19. The first-order valence-corrected chi connectivity index (χ1v) is 6.93. The number of fused-ring (bicyclic) bond motifs is 1. The van der Waals surface area contributed by atoms with Crippen LogP contribution in [0.1, 0.15) is 12.7 Å². The van der Waals surface area contributed by atoms with Crippen LogP contribution in [0.4, 0.5) is 0 Å². The lowest BCUT2D eigenvalue weighted by Gasteiger charge is -1.99. The van der Waals surface area contributed by atoms with Crippen molar-refractivity contribution in [2.24, 2.45) is 0 Å². The Bertz CT molecular complexity index is 719. The van der Waals surface area contributed by atoms with E-state index in [1.165, 1.54) is 11.3 Å². The second kappa shape index (κ2) is 4.50. The van der Waals surface area contributed by atoms with E-state index in [-0.39, 0.29) is 0 Å². The average molecular weight is 299 g/mol. The number of hydrogen-bond donors (Lipinski definition) is 0. The van der Waals surface area contributed by atoms with Gasteiger partial charge in [0.15, 0.2) is 5.82 Å². The van der Waals surface area contributed by atoms with Gasteiger partial charge in [-0.25, -0.2) is 0 Å². The van der Waals surface area contributed by atoms with E-state index >= 15 is 0 Å². The molecule has 0 unspecified atom stereocenters. The molecule has 0 radical (unpaired) electrons. The molecule has 92 valence electrons. The van der Waals surface area contributed by atoms with Gasteiger partial charge in [-0.1, -0.05) is 41.5 Å². The van der Waals surface area contributed by atoms with E-state index in [0.717, 1.165) is 27.8 Å². The number of nitrogens with zero attached hydrogens (tertiary/aromatic N) is 4. The predicted octanol–water partition coefficient (Wildman–Crippen LogP) is 3.72. The number of halogens is 2. The molecule has 0 fully saturated rings. The molecule has 0 N–H and O–H groups in total. The van der Waals surface area contributed by atoms with E-state index < -0.39 is 0 Å². The lowest BCUT2D eigenvalue weighted by Crippen LogP contribution is -1.93. The van der Waals surface area contributed by atoms with Crippen molar-refractivity contribution in [1.29, 1.82) is 0 Å². The molecule has 1 aromatic carbocycles. The standard InChI is InChI=1S/C11H8Cl2N4S/c1-2-9-14-15-11-17(9)16-10(18-11)7-5-6(12)3-4-8(7)13/h3-5H,2H2,1H3. The highest BCUT2D eigenvalue weighted by Crippen LogP contribution is 2.33. The van der Waals surface area contributed by atoms with Gasteiger partial charge in [-0.05, 0) is 18.2 Å². The second-order valence-corrected chi connectivity index (χ2v) is 5.50. The largest absolute Gasteiger partial charge is 0.234 e. The summed E-state index contributed by atoms with van der Waals surface area (Å²) in [5, 5.41) is 14.7. The second-order valence-electron chi connectivity index (χ2n) is 3.70. The van der Waals surface area contributed by atoms with Crippen molar-refractivity contribution in [3.63, 3.8) is 0 Å². The fraction of sp³-hybridized carbons (Fsp3) is 0.182. The van der Waals surface area contributed by atoms with Gasteiger partial charge in [0.25, 0.3) is 0 Å². The van der Waals surface area contributed by atoms with Gasteiger partial charge in [-0.2, -0.15) is 9.61 Å². The Labute approximate surface area is 117 Å². The van der Waals surface area contributed by atoms with Crippen molar-refractivity contribution < 1.29 is 0 Å². The zero-order chi connectivity index (χ0) is 12.7. The molecular formula is C11H8Cl2N4S. The Morgan fingerprint density at radius 3 is 2.89 bits per heavy atom. The summed E-state index contributed by atoms with van der Waals surface area (Å²) in [7, 11) is 0. The van der Waals surface area contributed by atoms with Crippen LogP contribution < -0.4 is 0 Å². The monoisotopic (exact) mass is 298 g/mol. The lowest BCUT2D eigenvalue weighted by molar-refractivity contribution is 0.838. The van der Waals surface area contributed by atoms with E-state index in [9.17, 15) is 0 Å². The van der Waals surface area contributed by atoms with Crippen LogP contribution in [0, 0.1) is 0 Å². The highest BCUT2D eigenvalue weighted by Gasteiger charge is 2.14. The summed E-state index contributed by atoms with van der Waals surface area (Å²) >= 11 is 13.6. The number of aryl methyl sites for hydroxylation is 1. The fourth-order valence-corrected chi connectivity index (χ4v) is 2.97. The number of rotatable bonds is 2. The molecule has 0 aliphatic heterocycles. The zero-order valence-corrected chi connectivity index (χ0v) is 11.7. The van der Waals surface area contributed by atoms with Gasteiger partial charge in [0.05, 0.1) is 5.02 Å². The maximum absolute atomic E-state index is 6.16. The molecule has 3 rings (SSSR count). The van der Waals surface area contributed by atoms with Gasteiger partial charge in [-0.3, -0.25) is 0 Å². The van der Waals surface area contributed by atoms with Crippen LogP contribution in [0.15, 0.2) is 18.2 Å². The molecule has 3 aromatic rings. The summed E-state index contributed by atoms with van der Waals surface area (Å²) in [6, 6.07) is 5.33. The lowest BCUT2D eigenvalue weighted by atomic mass is 10.2. The molecule has 18 heavy (non-hydrogen) atoms. The summed E-state index contributed by atoms with van der Waals surface area (Å²) in [6.45, 7) is 2.02. The van der Waals surface area contributed by atoms with Crippen molar-refractivity contribution in [1.82, 2.24) is 19.8 Å². The molecule has 0 aliphatic carbocycles. The minimum atomic E-state index is 0.627. The molecule has 2 heterocycles. The molecule has 0 amide bonds. The smallest absolute Gasteiger partial charge is 0.187 e. The van der Waals surface area contributed by atoms with Crippen LogP contribution in [-0.2, 0) is 6.42 Å². The van der Waals surface area contributed by atoms with Gasteiger partial charge in [0.2, 0.25) is 4.96 Å². The maximum atomic E-state index is 6.16. The molecule has 0 atom stereocenters. The number of hydrogen-bond acceptors (Lipinski definition) is 4. The third kappa shape index (κ3) is 1.88. The van der Waals surface area contributed by atoms with Gasteiger partial charge in [0.1, 0.15) is 5.01 Å². The number of benzene rings is 1. The van der Waals surface area contributed by atoms with Gasteiger partial charge in [0, 0.05) is 17.0 Å². The highest BCUT2D eigenvalue weighted by atomic mass is 35.5. The van der Waals surface area contributed by atoms with Gasteiger partial charge >= 0.3 is 0 Å². The van der Waals surface area contributed by atoms with Crippen molar-refractivity contribution in [2.75, 3.05) is 0 Å². The zero-order valence-electron chi connectivity index (χ0n) is 9.39. The van der Waals surface area contributed by atoms with Crippen LogP contribution >= 0.6 is 34.5 Å². The Hall–Kier alpha value is -1.17. The average Bonchev–Trinajstić information content (AvgIpc) is 2.91. The summed E-state index contributed by atoms with van der Waals surface area (Å²) < 4.78 is 1.75. The minimum Gasteiger partial charge on any atom is -0.187 e. The summed E-state index contributed by atoms with van der Waals surface area (Å²) in [6.07, 6.45) is 0.785. The maximum Gasteiger partial charge on any atom is 0.234 e. The SMILES string of the molecule is CCc1nnc2sc(-c3cc(Cl)ccc3Cl)nn12. The van der Waals surface area contributed by atoms with E-state index in [2.05, 4.69) is 15.3 Å². The first kappa shape index (κ1) is 11.9. The molecule has 0 bridgehead atoms. The summed E-state index contributed by atoms with van der Waals surface area (Å²) in [4.78, 5) is 0.762. The predicted molar refractivity (Wildman–Crippen MR) is 73.5 cm³/mol. The van der Waals surface area contributed by atoms with E-state index in [1.54, 1.807) is 22.7 Å². The Balaban J connectivity index is 2.19. The van der Waals surface area contributed by atoms with E-state index in [1.807, 2.05) is 6.92 Å². The third-order valence-electron chi connectivity index (χ3n) is 2.53. The van der Waals surface area contributed by atoms with E-state index in [0.29, 0.717) is 10.0 Å². The van der Waals surface area contributed by atoms with Crippen LogP contribution in [0.5, 0.6) is 0 Å². The molecule has 0 aliphatic rings. The van der Waals surface area contributed by atoms with Crippen molar-refractivity contribution in [3.05, 3.63) is 34.1 Å². The fourth-order valence-electron chi connectivity index (χ4n) is 1.65. The summed E-state index contributed by atoms with van der Waals surface area (Å²) in [5.74, 6) is 0.839. The van der Waals surface area contributed by atoms with Crippen LogP contribution in [0.3, 0.4) is 0 Å². The Morgan fingerprint density at radius 2 is 2.11 bits per heavy atom. The normalized spacial score (nSPS) is 11.3. The number of aromatic nitrogens is 4. The van der Waals surface area contributed by atoms with Crippen LogP contribution in [-0.4, -0.2) is 19.8 Å². The first-order valence-electron chi connectivity index (χ1n) is 5.35. The third-order valence-corrected chi connectivity index (χ3v) is 4.03. The molecule has 0 saturated heterocycles. The van der Waals surface area contributed by atoms with Crippen molar-refractivity contribution in [3.8, 4) is 10.6 Å². The van der Waals surface area contributed by atoms with Crippen molar-refractivity contribution in [2.45, 2.75) is 13.3 Å². The molecule has 0 saturated carbocycles. The van der Waals surface area contributed by atoms with Crippen LogP contribution in [0.25, 0.3) is 15.5 Å². The molecule has 7 heteroatoms. The molecular weight excluding hydrogens is 291 g/mol. The van der Waals surface area contributed by atoms with Crippen molar-refractivity contribution >= 4 is 39.5 Å². The molecule has 4 nitrogen and oxygen atoms in total. The topological polar surface area (TPSA) is 43.1 Å². The van der Waals surface area contributed by atoms with Gasteiger partial charge < -0.3 is 0 Å². The molecule has 2 aromatic heterocycles. The minimum absolute atomic E-state index is 0.627. The Morgan fingerprint density at radius 1 is 1.28 bits per heavy atom. The Kier molecular flexibility index (Phi) is 2.97. The first-order chi connectivity index (χ1) is 8.69.